The van der Waals surface area contributed by atoms with E-state index in [1.165, 1.54) is 0 Å². The Bertz CT molecular complexity index is 143. The Morgan fingerprint density at radius 1 is 1.73 bits per heavy atom. The molecule has 0 saturated carbocycles. The molecule has 1 rings (SSSR count). The Labute approximate surface area is 72.0 Å². The summed E-state index contributed by atoms with van der Waals surface area (Å²) in [6, 6.07) is -0.339. The van der Waals surface area contributed by atoms with Gasteiger partial charge in [0.1, 0.15) is 6.04 Å². The standard InChI is InChI=1S/C6H12N2O2.ClH/c1-8-3-2-7-4-5(8)6(9)10;/h5,7H,2-4H2,1H3,(H,9,10);1H. The molecule has 1 saturated heterocycles. The minimum Gasteiger partial charge on any atom is -0.480 e. The quantitative estimate of drug-likeness (QED) is 0.566. The molecule has 1 aliphatic heterocycles. The van der Waals surface area contributed by atoms with Crippen LogP contribution in [0.3, 0.4) is 0 Å². The molecule has 1 heterocycles. The molecule has 66 valence electrons. The Hall–Kier alpha value is -0.320. The van der Waals surface area contributed by atoms with E-state index < -0.39 is 5.97 Å². The third-order valence-corrected chi connectivity index (χ3v) is 1.80. The number of halogens is 1. The smallest absolute Gasteiger partial charge is 0.322 e. The van der Waals surface area contributed by atoms with Crippen molar-refractivity contribution in [3.8, 4) is 0 Å². The van der Waals surface area contributed by atoms with Gasteiger partial charge in [-0.1, -0.05) is 0 Å². The van der Waals surface area contributed by atoms with E-state index in [-0.39, 0.29) is 18.4 Å². The van der Waals surface area contributed by atoms with Crippen molar-refractivity contribution in [3.05, 3.63) is 0 Å². The molecular formula is C6H13ClN2O2. The lowest BCUT2D eigenvalue weighted by Crippen LogP contribution is -2.52. The third-order valence-electron chi connectivity index (χ3n) is 1.80. The maximum atomic E-state index is 10.5. The molecule has 0 spiro atoms. The van der Waals surface area contributed by atoms with Gasteiger partial charge in [0.25, 0.3) is 0 Å². The first-order valence-electron chi connectivity index (χ1n) is 3.35. The van der Waals surface area contributed by atoms with Crippen molar-refractivity contribution in [1.29, 1.82) is 0 Å². The van der Waals surface area contributed by atoms with Gasteiger partial charge in [0, 0.05) is 19.6 Å². The second kappa shape index (κ2) is 4.54. The number of hydrogen-bond donors (Lipinski definition) is 2. The zero-order valence-electron chi connectivity index (χ0n) is 6.41. The van der Waals surface area contributed by atoms with Gasteiger partial charge in [-0.25, -0.2) is 0 Å². The first-order chi connectivity index (χ1) is 4.72. The summed E-state index contributed by atoms with van der Waals surface area (Å²) in [6.07, 6.45) is 0. The number of likely N-dealkylation sites (N-methyl/N-ethyl adjacent to an activating group) is 1. The summed E-state index contributed by atoms with van der Waals surface area (Å²) in [5.41, 5.74) is 0. The summed E-state index contributed by atoms with van der Waals surface area (Å²) in [4.78, 5) is 12.3. The van der Waals surface area contributed by atoms with Gasteiger partial charge in [-0.2, -0.15) is 0 Å². The second-order valence-electron chi connectivity index (χ2n) is 2.54. The van der Waals surface area contributed by atoms with Gasteiger partial charge < -0.3 is 10.4 Å². The van der Waals surface area contributed by atoms with Crippen molar-refractivity contribution in [2.75, 3.05) is 26.7 Å². The highest BCUT2D eigenvalue weighted by molar-refractivity contribution is 5.85. The van der Waals surface area contributed by atoms with Crippen molar-refractivity contribution in [3.63, 3.8) is 0 Å². The van der Waals surface area contributed by atoms with Crippen LogP contribution in [0.4, 0.5) is 0 Å². The van der Waals surface area contributed by atoms with E-state index in [2.05, 4.69) is 5.32 Å². The fourth-order valence-electron chi connectivity index (χ4n) is 1.08. The number of hydrogen-bond acceptors (Lipinski definition) is 3. The SMILES string of the molecule is CN1CCNCC1C(=O)O.Cl. The van der Waals surface area contributed by atoms with Gasteiger partial charge in [0.15, 0.2) is 0 Å². The molecule has 5 heteroatoms. The lowest BCUT2D eigenvalue weighted by Gasteiger charge is -2.29. The van der Waals surface area contributed by atoms with E-state index in [1.54, 1.807) is 0 Å². The number of nitrogens with zero attached hydrogens (tertiary/aromatic N) is 1. The molecule has 0 bridgehead atoms. The summed E-state index contributed by atoms with van der Waals surface area (Å²) in [5.74, 6) is -0.741. The van der Waals surface area contributed by atoms with Crippen LogP contribution in [0, 0.1) is 0 Å². The minimum atomic E-state index is -0.741. The first-order valence-corrected chi connectivity index (χ1v) is 3.35. The maximum Gasteiger partial charge on any atom is 0.322 e. The molecule has 0 aromatic carbocycles. The molecular weight excluding hydrogens is 168 g/mol. The van der Waals surface area contributed by atoms with Gasteiger partial charge in [-0.15, -0.1) is 12.4 Å². The van der Waals surface area contributed by atoms with E-state index in [4.69, 9.17) is 5.11 Å². The number of rotatable bonds is 1. The molecule has 1 atom stereocenters. The Balaban J connectivity index is 0.000001000. The average molecular weight is 181 g/mol. The molecule has 0 aromatic heterocycles. The summed E-state index contributed by atoms with van der Waals surface area (Å²) in [7, 11) is 1.83. The van der Waals surface area contributed by atoms with E-state index in [0.717, 1.165) is 13.1 Å². The van der Waals surface area contributed by atoms with Crippen LogP contribution < -0.4 is 5.32 Å². The van der Waals surface area contributed by atoms with Gasteiger partial charge in [0.05, 0.1) is 0 Å². The van der Waals surface area contributed by atoms with Crippen molar-refractivity contribution in [2.45, 2.75) is 6.04 Å². The first kappa shape index (κ1) is 10.7. The molecule has 0 amide bonds. The Kier molecular flexibility index (Phi) is 4.40. The molecule has 0 aliphatic carbocycles. The van der Waals surface area contributed by atoms with Crippen molar-refractivity contribution in [2.24, 2.45) is 0 Å². The third kappa shape index (κ3) is 2.65. The highest BCUT2D eigenvalue weighted by atomic mass is 35.5. The molecule has 1 fully saturated rings. The zero-order chi connectivity index (χ0) is 7.56. The molecule has 0 radical (unpaired) electrons. The predicted octanol–water partition coefficient (Wildman–Crippen LogP) is -0.604. The highest BCUT2D eigenvalue weighted by Gasteiger charge is 2.24. The predicted molar refractivity (Wildman–Crippen MR) is 44.2 cm³/mol. The molecule has 1 unspecified atom stereocenters. The fraction of sp³-hybridized carbons (Fsp3) is 0.833. The molecule has 4 nitrogen and oxygen atoms in total. The van der Waals surface area contributed by atoms with Crippen LogP contribution in [0.1, 0.15) is 0 Å². The summed E-state index contributed by atoms with van der Waals surface area (Å²) in [5, 5.41) is 11.7. The fourth-order valence-corrected chi connectivity index (χ4v) is 1.08. The highest BCUT2D eigenvalue weighted by Crippen LogP contribution is 1.98. The lowest BCUT2D eigenvalue weighted by atomic mass is 10.2. The largest absolute Gasteiger partial charge is 0.480 e. The number of piperazine rings is 1. The number of nitrogens with one attached hydrogen (secondary N) is 1. The minimum absolute atomic E-state index is 0. The second-order valence-corrected chi connectivity index (χ2v) is 2.54. The molecule has 1 aliphatic rings. The van der Waals surface area contributed by atoms with Crippen LogP contribution in [-0.2, 0) is 4.79 Å². The van der Waals surface area contributed by atoms with Crippen LogP contribution in [0.2, 0.25) is 0 Å². The van der Waals surface area contributed by atoms with Crippen molar-refractivity contribution >= 4 is 18.4 Å². The molecule has 0 aromatic rings. The van der Waals surface area contributed by atoms with E-state index in [9.17, 15) is 4.79 Å². The van der Waals surface area contributed by atoms with Gasteiger partial charge in [-0.3, -0.25) is 9.69 Å². The van der Waals surface area contributed by atoms with Crippen LogP contribution in [-0.4, -0.2) is 48.7 Å². The van der Waals surface area contributed by atoms with E-state index in [0.29, 0.717) is 6.54 Å². The van der Waals surface area contributed by atoms with Gasteiger partial charge in [0.2, 0.25) is 0 Å². The van der Waals surface area contributed by atoms with E-state index in [1.807, 2.05) is 11.9 Å². The topological polar surface area (TPSA) is 52.6 Å². The van der Waals surface area contributed by atoms with Gasteiger partial charge >= 0.3 is 5.97 Å². The number of carboxylic acids is 1. The van der Waals surface area contributed by atoms with E-state index >= 15 is 0 Å². The maximum absolute atomic E-state index is 10.5. The number of carboxylic acid groups (broad SMARTS) is 1. The monoisotopic (exact) mass is 180 g/mol. The molecule has 11 heavy (non-hydrogen) atoms. The van der Waals surface area contributed by atoms with Gasteiger partial charge in [-0.05, 0) is 7.05 Å². The molecule has 2 N–H and O–H groups in total. The summed E-state index contributed by atoms with van der Waals surface area (Å²) >= 11 is 0. The van der Waals surface area contributed by atoms with Crippen molar-refractivity contribution in [1.82, 2.24) is 10.2 Å². The van der Waals surface area contributed by atoms with Crippen LogP contribution >= 0.6 is 12.4 Å². The van der Waals surface area contributed by atoms with Crippen LogP contribution in [0.25, 0.3) is 0 Å². The Morgan fingerprint density at radius 2 is 2.36 bits per heavy atom. The number of carbonyl (C=O) groups is 1. The summed E-state index contributed by atoms with van der Waals surface area (Å²) in [6.45, 7) is 2.27. The van der Waals surface area contributed by atoms with Crippen molar-refractivity contribution < 1.29 is 9.90 Å². The zero-order valence-corrected chi connectivity index (χ0v) is 7.23. The van der Waals surface area contributed by atoms with Crippen LogP contribution in [0.15, 0.2) is 0 Å². The number of aliphatic carboxylic acids is 1. The average Bonchev–Trinajstić information content (AvgIpc) is 1.88. The Morgan fingerprint density at radius 3 is 2.73 bits per heavy atom. The normalized spacial score (nSPS) is 25.7. The lowest BCUT2D eigenvalue weighted by molar-refractivity contribution is -0.143. The van der Waals surface area contributed by atoms with Crippen LogP contribution in [0.5, 0.6) is 0 Å². The summed E-state index contributed by atoms with van der Waals surface area (Å²) < 4.78 is 0.